The van der Waals surface area contributed by atoms with Gasteiger partial charge in [0.05, 0.1) is 0 Å². The standard InChI is InChI=1S/C18H16ClFN4/c1-11-9-13(19)3-8-16(11)24-18-10-17(21-12(2)22-18)23-15-6-4-14(20)5-7-15/h3-10H,1-2H3,(H2,21,22,23,24). The van der Waals surface area contributed by atoms with Crippen molar-refractivity contribution in [3.05, 3.63) is 70.8 Å². The number of nitrogens with zero attached hydrogens (tertiary/aromatic N) is 2. The maximum absolute atomic E-state index is 13.0. The number of hydrogen-bond donors (Lipinski definition) is 2. The molecule has 0 aliphatic heterocycles. The van der Waals surface area contributed by atoms with Crippen LogP contribution in [-0.2, 0) is 0 Å². The summed E-state index contributed by atoms with van der Waals surface area (Å²) in [6.45, 7) is 3.79. The largest absolute Gasteiger partial charge is 0.340 e. The minimum absolute atomic E-state index is 0.278. The number of benzene rings is 2. The third-order valence-electron chi connectivity index (χ3n) is 3.41. The average Bonchev–Trinajstić information content (AvgIpc) is 2.52. The van der Waals surface area contributed by atoms with Gasteiger partial charge in [0.15, 0.2) is 0 Å². The van der Waals surface area contributed by atoms with E-state index in [1.54, 1.807) is 18.2 Å². The number of rotatable bonds is 4. The van der Waals surface area contributed by atoms with Gasteiger partial charge in [0, 0.05) is 22.5 Å². The lowest BCUT2D eigenvalue weighted by Gasteiger charge is -2.12. The molecule has 1 heterocycles. The van der Waals surface area contributed by atoms with Crippen LogP contribution in [0.5, 0.6) is 0 Å². The van der Waals surface area contributed by atoms with Gasteiger partial charge in [0.1, 0.15) is 23.3 Å². The Balaban J connectivity index is 1.84. The Morgan fingerprint density at radius 3 is 2.21 bits per heavy atom. The minimum atomic E-state index is -0.278. The Hall–Kier alpha value is -2.66. The van der Waals surface area contributed by atoms with Crippen molar-refractivity contribution in [3.63, 3.8) is 0 Å². The number of anilines is 4. The Morgan fingerprint density at radius 2 is 1.54 bits per heavy atom. The van der Waals surface area contributed by atoms with Crippen LogP contribution < -0.4 is 10.6 Å². The van der Waals surface area contributed by atoms with E-state index in [-0.39, 0.29) is 5.82 Å². The summed E-state index contributed by atoms with van der Waals surface area (Å²) in [5.41, 5.74) is 2.69. The molecule has 2 N–H and O–H groups in total. The molecule has 4 nitrogen and oxygen atoms in total. The molecule has 0 amide bonds. The topological polar surface area (TPSA) is 49.8 Å². The summed E-state index contributed by atoms with van der Waals surface area (Å²) >= 11 is 5.98. The van der Waals surface area contributed by atoms with Gasteiger partial charge in [-0.3, -0.25) is 0 Å². The van der Waals surface area contributed by atoms with Crippen LogP contribution in [0, 0.1) is 19.7 Å². The van der Waals surface area contributed by atoms with Crippen LogP contribution in [0.25, 0.3) is 0 Å². The van der Waals surface area contributed by atoms with Gasteiger partial charge < -0.3 is 10.6 Å². The molecule has 24 heavy (non-hydrogen) atoms. The smallest absolute Gasteiger partial charge is 0.136 e. The molecule has 0 atom stereocenters. The van der Waals surface area contributed by atoms with Gasteiger partial charge in [-0.25, -0.2) is 14.4 Å². The molecule has 2 aromatic carbocycles. The first-order valence-electron chi connectivity index (χ1n) is 7.41. The molecule has 0 saturated carbocycles. The van der Waals surface area contributed by atoms with E-state index in [1.165, 1.54) is 12.1 Å². The summed E-state index contributed by atoms with van der Waals surface area (Å²) in [4.78, 5) is 8.75. The Bertz CT molecular complexity index is 865. The number of hydrogen-bond acceptors (Lipinski definition) is 4. The predicted molar refractivity (Wildman–Crippen MR) is 95.9 cm³/mol. The Morgan fingerprint density at radius 1 is 0.875 bits per heavy atom. The van der Waals surface area contributed by atoms with Crippen molar-refractivity contribution in [1.29, 1.82) is 0 Å². The third-order valence-corrected chi connectivity index (χ3v) is 3.64. The predicted octanol–water partition coefficient (Wildman–Crippen LogP) is 5.37. The van der Waals surface area contributed by atoms with E-state index in [9.17, 15) is 4.39 Å². The summed E-state index contributed by atoms with van der Waals surface area (Å²) < 4.78 is 13.0. The van der Waals surface area contributed by atoms with E-state index in [2.05, 4.69) is 20.6 Å². The van der Waals surface area contributed by atoms with Gasteiger partial charge in [-0.1, -0.05) is 11.6 Å². The molecule has 3 aromatic rings. The summed E-state index contributed by atoms with van der Waals surface area (Å²) in [5.74, 6) is 1.64. The third kappa shape index (κ3) is 4.00. The van der Waals surface area contributed by atoms with E-state index in [1.807, 2.05) is 32.0 Å². The molecule has 122 valence electrons. The summed E-state index contributed by atoms with van der Waals surface area (Å²) in [6, 6.07) is 13.5. The van der Waals surface area contributed by atoms with Crippen molar-refractivity contribution in [2.75, 3.05) is 10.6 Å². The van der Waals surface area contributed by atoms with E-state index in [0.717, 1.165) is 16.9 Å². The lowest BCUT2D eigenvalue weighted by Crippen LogP contribution is -2.02. The highest BCUT2D eigenvalue weighted by molar-refractivity contribution is 6.30. The van der Waals surface area contributed by atoms with Crippen LogP contribution in [0.3, 0.4) is 0 Å². The lowest BCUT2D eigenvalue weighted by molar-refractivity contribution is 0.628. The van der Waals surface area contributed by atoms with Crippen LogP contribution in [0.4, 0.5) is 27.4 Å². The first-order chi connectivity index (χ1) is 11.5. The fourth-order valence-electron chi connectivity index (χ4n) is 2.28. The first-order valence-corrected chi connectivity index (χ1v) is 7.79. The van der Waals surface area contributed by atoms with Gasteiger partial charge in [0.2, 0.25) is 0 Å². The maximum atomic E-state index is 13.0. The number of halogens is 2. The maximum Gasteiger partial charge on any atom is 0.136 e. The molecule has 0 spiro atoms. The van der Waals surface area contributed by atoms with E-state index >= 15 is 0 Å². The minimum Gasteiger partial charge on any atom is -0.340 e. The monoisotopic (exact) mass is 342 g/mol. The summed E-state index contributed by atoms with van der Waals surface area (Å²) in [7, 11) is 0. The van der Waals surface area contributed by atoms with Crippen molar-refractivity contribution >= 4 is 34.6 Å². The fraction of sp³-hybridized carbons (Fsp3) is 0.111. The molecule has 0 aliphatic rings. The van der Waals surface area contributed by atoms with Gasteiger partial charge in [-0.05, 0) is 61.9 Å². The second-order valence-corrected chi connectivity index (χ2v) is 5.84. The van der Waals surface area contributed by atoms with Crippen molar-refractivity contribution in [2.45, 2.75) is 13.8 Å². The van der Waals surface area contributed by atoms with Crippen molar-refractivity contribution in [2.24, 2.45) is 0 Å². The van der Waals surface area contributed by atoms with E-state index in [4.69, 9.17) is 11.6 Å². The van der Waals surface area contributed by atoms with Gasteiger partial charge in [-0.2, -0.15) is 0 Å². The first kappa shape index (κ1) is 16.2. The Kier molecular flexibility index (Phi) is 4.62. The zero-order valence-electron chi connectivity index (χ0n) is 13.3. The highest BCUT2D eigenvalue weighted by Gasteiger charge is 2.05. The molecular formula is C18H16ClFN4. The molecule has 0 bridgehead atoms. The molecular weight excluding hydrogens is 327 g/mol. The highest BCUT2D eigenvalue weighted by atomic mass is 35.5. The SMILES string of the molecule is Cc1nc(Nc2ccc(F)cc2)cc(Nc2ccc(Cl)cc2C)n1. The molecule has 0 radical (unpaired) electrons. The molecule has 0 saturated heterocycles. The highest BCUT2D eigenvalue weighted by Crippen LogP contribution is 2.24. The van der Waals surface area contributed by atoms with Crippen molar-refractivity contribution in [1.82, 2.24) is 9.97 Å². The van der Waals surface area contributed by atoms with Crippen LogP contribution in [0.2, 0.25) is 5.02 Å². The zero-order valence-corrected chi connectivity index (χ0v) is 14.0. The number of nitrogens with one attached hydrogen (secondary N) is 2. The van der Waals surface area contributed by atoms with Crippen LogP contribution >= 0.6 is 11.6 Å². The molecule has 0 aliphatic carbocycles. The van der Waals surface area contributed by atoms with Crippen LogP contribution in [0.1, 0.15) is 11.4 Å². The van der Waals surface area contributed by atoms with Crippen molar-refractivity contribution < 1.29 is 4.39 Å². The number of aromatic nitrogens is 2. The summed E-state index contributed by atoms with van der Waals surface area (Å²) in [5, 5.41) is 7.10. The van der Waals surface area contributed by atoms with Crippen LogP contribution in [-0.4, -0.2) is 9.97 Å². The molecule has 0 fully saturated rings. The average molecular weight is 343 g/mol. The van der Waals surface area contributed by atoms with Gasteiger partial charge in [0.25, 0.3) is 0 Å². The quantitative estimate of drug-likeness (QED) is 0.669. The molecule has 1 aromatic heterocycles. The molecule has 0 unspecified atom stereocenters. The zero-order chi connectivity index (χ0) is 17.1. The number of aryl methyl sites for hydroxylation is 2. The van der Waals surface area contributed by atoms with E-state index in [0.29, 0.717) is 22.5 Å². The second kappa shape index (κ2) is 6.84. The van der Waals surface area contributed by atoms with Crippen molar-refractivity contribution in [3.8, 4) is 0 Å². The molecule has 6 heteroatoms. The van der Waals surface area contributed by atoms with Gasteiger partial charge in [-0.15, -0.1) is 0 Å². The van der Waals surface area contributed by atoms with Gasteiger partial charge >= 0.3 is 0 Å². The normalized spacial score (nSPS) is 10.5. The summed E-state index contributed by atoms with van der Waals surface area (Å²) in [6.07, 6.45) is 0. The fourth-order valence-corrected chi connectivity index (χ4v) is 2.51. The Labute approximate surface area is 144 Å². The van der Waals surface area contributed by atoms with Crippen LogP contribution in [0.15, 0.2) is 48.5 Å². The second-order valence-electron chi connectivity index (χ2n) is 5.40. The molecule has 3 rings (SSSR count). The van der Waals surface area contributed by atoms with E-state index < -0.39 is 0 Å². The lowest BCUT2D eigenvalue weighted by atomic mass is 10.2.